The lowest BCUT2D eigenvalue weighted by Crippen LogP contribution is -2.47. The molecule has 0 saturated carbocycles. The third-order valence-electron chi connectivity index (χ3n) is 5.50. The number of esters is 1. The summed E-state index contributed by atoms with van der Waals surface area (Å²) in [6.07, 6.45) is 4.03. The van der Waals surface area contributed by atoms with E-state index in [1.54, 1.807) is 28.0 Å². The van der Waals surface area contributed by atoms with Crippen molar-refractivity contribution < 1.29 is 28.6 Å². The fourth-order valence-electron chi connectivity index (χ4n) is 3.81. The normalized spacial score (nSPS) is 18.5. The van der Waals surface area contributed by atoms with E-state index >= 15 is 0 Å². The summed E-state index contributed by atoms with van der Waals surface area (Å²) < 4.78 is 16.2. The van der Waals surface area contributed by atoms with Crippen molar-refractivity contribution in [3.63, 3.8) is 0 Å². The zero-order valence-corrected chi connectivity index (χ0v) is 17.9. The van der Waals surface area contributed by atoms with E-state index in [9.17, 15) is 14.4 Å². The highest BCUT2D eigenvalue weighted by Crippen LogP contribution is 2.22. The van der Waals surface area contributed by atoms with Gasteiger partial charge in [-0.2, -0.15) is 0 Å². The summed E-state index contributed by atoms with van der Waals surface area (Å²) in [6, 6.07) is 8.71. The van der Waals surface area contributed by atoms with Gasteiger partial charge in [0.1, 0.15) is 18.5 Å². The molecule has 3 heterocycles. The maximum absolute atomic E-state index is 13.0. The summed E-state index contributed by atoms with van der Waals surface area (Å²) >= 11 is 0. The minimum Gasteiger partial charge on any atom is -0.489 e. The molecule has 1 aromatic carbocycles. The molecule has 168 valence electrons. The highest BCUT2D eigenvalue weighted by Gasteiger charge is 2.26. The average molecular weight is 439 g/mol. The number of anilines is 1. The van der Waals surface area contributed by atoms with E-state index in [0.29, 0.717) is 43.0 Å². The number of carbonyl (C=O) groups excluding carboxylic acids is 3. The number of rotatable bonds is 6. The molecule has 0 aliphatic carbocycles. The summed E-state index contributed by atoms with van der Waals surface area (Å²) in [4.78, 5) is 44.0. The number of ether oxygens (including phenoxy) is 3. The predicted octanol–water partition coefficient (Wildman–Crippen LogP) is 1.91. The molecule has 2 saturated heterocycles. The number of benzene rings is 1. The number of pyridine rings is 1. The Morgan fingerprint density at radius 3 is 2.69 bits per heavy atom. The number of morpholine rings is 1. The van der Waals surface area contributed by atoms with Crippen molar-refractivity contribution in [1.29, 1.82) is 0 Å². The molecule has 0 N–H and O–H groups in total. The van der Waals surface area contributed by atoms with Gasteiger partial charge in [-0.3, -0.25) is 14.6 Å². The number of hydrogen-bond donors (Lipinski definition) is 0. The Morgan fingerprint density at radius 1 is 1.16 bits per heavy atom. The number of nitrogens with zero attached hydrogens (tertiary/aromatic N) is 3. The first kappa shape index (κ1) is 21.8. The van der Waals surface area contributed by atoms with Crippen LogP contribution in [0.3, 0.4) is 0 Å². The highest BCUT2D eigenvalue weighted by molar-refractivity contribution is 5.97. The summed E-state index contributed by atoms with van der Waals surface area (Å²) in [5.41, 5.74) is 1.68. The van der Waals surface area contributed by atoms with E-state index in [4.69, 9.17) is 9.47 Å². The maximum atomic E-state index is 13.0. The first-order valence-corrected chi connectivity index (χ1v) is 10.5. The second-order valence-electron chi connectivity index (χ2n) is 7.65. The SMILES string of the molecule is COC(=O)c1cncc(OCC2CN(C(=O)c3ccc(N4CCCC4=O)cc3)CCO2)c1. The molecule has 4 rings (SSSR count). The van der Waals surface area contributed by atoms with Gasteiger partial charge in [0.05, 0.1) is 32.0 Å². The van der Waals surface area contributed by atoms with Gasteiger partial charge in [0, 0.05) is 37.0 Å². The summed E-state index contributed by atoms with van der Waals surface area (Å²) in [5, 5.41) is 0. The van der Waals surface area contributed by atoms with Gasteiger partial charge in [-0.1, -0.05) is 0 Å². The van der Waals surface area contributed by atoms with Crippen molar-refractivity contribution in [1.82, 2.24) is 9.88 Å². The van der Waals surface area contributed by atoms with Gasteiger partial charge in [-0.15, -0.1) is 0 Å². The lowest BCUT2D eigenvalue weighted by molar-refractivity contribution is -0.117. The zero-order chi connectivity index (χ0) is 22.5. The van der Waals surface area contributed by atoms with Crippen molar-refractivity contribution in [2.24, 2.45) is 0 Å². The Bertz CT molecular complexity index is 993. The monoisotopic (exact) mass is 439 g/mol. The molecule has 1 unspecified atom stereocenters. The summed E-state index contributed by atoms with van der Waals surface area (Å²) in [7, 11) is 1.30. The van der Waals surface area contributed by atoms with Gasteiger partial charge >= 0.3 is 5.97 Å². The van der Waals surface area contributed by atoms with Crippen LogP contribution in [0.2, 0.25) is 0 Å². The fraction of sp³-hybridized carbons (Fsp3) is 0.391. The fourth-order valence-corrected chi connectivity index (χ4v) is 3.81. The van der Waals surface area contributed by atoms with Crippen LogP contribution in [0.15, 0.2) is 42.7 Å². The Labute approximate surface area is 185 Å². The molecule has 2 aromatic rings. The number of amides is 2. The van der Waals surface area contributed by atoms with Crippen LogP contribution in [0.1, 0.15) is 33.6 Å². The van der Waals surface area contributed by atoms with Crippen LogP contribution >= 0.6 is 0 Å². The molecular weight excluding hydrogens is 414 g/mol. The molecule has 2 aliphatic heterocycles. The first-order chi connectivity index (χ1) is 15.5. The zero-order valence-electron chi connectivity index (χ0n) is 17.9. The molecule has 0 radical (unpaired) electrons. The average Bonchev–Trinajstić information content (AvgIpc) is 3.28. The Balaban J connectivity index is 1.34. The van der Waals surface area contributed by atoms with E-state index in [2.05, 4.69) is 9.72 Å². The van der Waals surface area contributed by atoms with Gasteiger partial charge in [0.25, 0.3) is 5.91 Å². The van der Waals surface area contributed by atoms with Crippen molar-refractivity contribution >= 4 is 23.5 Å². The topological polar surface area (TPSA) is 98.3 Å². The number of hydrogen-bond acceptors (Lipinski definition) is 7. The Hall–Kier alpha value is -3.46. The first-order valence-electron chi connectivity index (χ1n) is 10.5. The van der Waals surface area contributed by atoms with E-state index in [-0.39, 0.29) is 24.5 Å². The van der Waals surface area contributed by atoms with Gasteiger partial charge < -0.3 is 24.0 Å². The molecule has 2 fully saturated rings. The largest absolute Gasteiger partial charge is 0.489 e. The predicted molar refractivity (Wildman–Crippen MR) is 115 cm³/mol. The molecule has 0 bridgehead atoms. The second-order valence-corrected chi connectivity index (χ2v) is 7.65. The smallest absolute Gasteiger partial charge is 0.339 e. The standard InChI is InChI=1S/C23H25N3O6/c1-30-23(29)17-11-19(13-24-12-17)32-15-20-14-25(9-10-31-20)22(28)16-4-6-18(7-5-16)26-8-2-3-21(26)27/h4-7,11-13,20H,2-3,8-10,14-15H2,1H3. The third kappa shape index (κ3) is 4.88. The van der Waals surface area contributed by atoms with Gasteiger partial charge in [-0.25, -0.2) is 4.79 Å². The van der Waals surface area contributed by atoms with Crippen LogP contribution < -0.4 is 9.64 Å². The van der Waals surface area contributed by atoms with Crippen molar-refractivity contribution in [2.45, 2.75) is 18.9 Å². The molecule has 9 heteroatoms. The number of aromatic nitrogens is 1. The van der Waals surface area contributed by atoms with Crippen LogP contribution in [-0.4, -0.2) is 73.7 Å². The Kier molecular flexibility index (Phi) is 6.65. The lowest BCUT2D eigenvalue weighted by atomic mass is 10.1. The molecule has 2 amide bonds. The minimum atomic E-state index is -0.492. The van der Waals surface area contributed by atoms with Crippen molar-refractivity contribution in [3.8, 4) is 5.75 Å². The van der Waals surface area contributed by atoms with Crippen molar-refractivity contribution in [2.75, 3.05) is 44.9 Å². The van der Waals surface area contributed by atoms with E-state index < -0.39 is 5.97 Å². The van der Waals surface area contributed by atoms with Crippen LogP contribution in [0.4, 0.5) is 5.69 Å². The molecule has 1 aromatic heterocycles. The van der Waals surface area contributed by atoms with Crippen LogP contribution in [-0.2, 0) is 14.3 Å². The Morgan fingerprint density at radius 2 is 1.97 bits per heavy atom. The van der Waals surface area contributed by atoms with Crippen LogP contribution in [0.25, 0.3) is 0 Å². The summed E-state index contributed by atoms with van der Waals surface area (Å²) in [6.45, 7) is 2.21. The molecule has 2 aliphatic rings. The molecular formula is C23H25N3O6. The van der Waals surface area contributed by atoms with Crippen molar-refractivity contribution in [3.05, 3.63) is 53.9 Å². The second kappa shape index (κ2) is 9.78. The maximum Gasteiger partial charge on any atom is 0.339 e. The quantitative estimate of drug-likeness (QED) is 0.634. The third-order valence-corrected chi connectivity index (χ3v) is 5.50. The summed E-state index contributed by atoms with van der Waals surface area (Å²) in [5.74, 6) is -0.0415. The number of carbonyl (C=O) groups is 3. The molecule has 0 spiro atoms. The van der Waals surface area contributed by atoms with Gasteiger partial charge in [0.2, 0.25) is 5.91 Å². The van der Waals surface area contributed by atoms with Gasteiger partial charge in [-0.05, 0) is 36.8 Å². The lowest BCUT2D eigenvalue weighted by Gasteiger charge is -2.33. The minimum absolute atomic E-state index is 0.0908. The highest BCUT2D eigenvalue weighted by atomic mass is 16.5. The molecule has 1 atom stereocenters. The van der Waals surface area contributed by atoms with Crippen LogP contribution in [0, 0.1) is 0 Å². The number of methoxy groups -OCH3 is 1. The molecule has 32 heavy (non-hydrogen) atoms. The van der Waals surface area contributed by atoms with Crippen LogP contribution in [0.5, 0.6) is 5.75 Å². The van der Waals surface area contributed by atoms with Gasteiger partial charge in [0.15, 0.2) is 0 Å². The molecule has 9 nitrogen and oxygen atoms in total. The van der Waals surface area contributed by atoms with E-state index in [1.165, 1.54) is 19.5 Å². The van der Waals surface area contributed by atoms with E-state index in [0.717, 1.165) is 18.7 Å². The van der Waals surface area contributed by atoms with E-state index in [1.807, 2.05) is 12.1 Å².